The van der Waals surface area contributed by atoms with Gasteiger partial charge in [-0.25, -0.2) is 4.79 Å². The molecule has 0 radical (unpaired) electrons. The van der Waals surface area contributed by atoms with Gasteiger partial charge in [-0.2, -0.15) is 0 Å². The molecule has 0 aromatic carbocycles. The van der Waals surface area contributed by atoms with Crippen LogP contribution in [0.5, 0.6) is 0 Å². The number of imide groups is 1. The number of pyridine rings is 1. The molecule has 10 heteroatoms. The standard InChI is InChI=1S/C23H23N3O5S2/c1-8(2)16(22(29)30)26-20(27)14-10-6-11(15(14)21(26)28)17-13(10)12(9-4-3-5-24-7-9)18-19(32-17)25-23(31)33-18/h3-5,7-8,10-17H,6H2,1-2H3,(H,25,31)(H,29,30)/t10?,11?,12-,13?,14?,15?,16?,17?/m1/s1. The molecule has 2 bridgehead atoms. The minimum atomic E-state index is -1.14. The number of thiazole rings is 1. The summed E-state index contributed by atoms with van der Waals surface area (Å²) in [5, 5.41) is 10.7. The second-order valence-electron chi connectivity index (χ2n) is 9.82. The van der Waals surface area contributed by atoms with E-state index >= 15 is 0 Å². The maximum atomic E-state index is 13.6. The number of aromatic nitrogens is 2. The number of fused-ring (bicyclic) bond motifs is 9. The van der Waals surface area contributed by atoms with Gasteiger partial charge in [0.05, 0.1) is 16.9 Å². The van der Waals surface area contributed by atoms with Gasteiger partial charge in [0.15, 0.2) is 0 Å². The number of carboxylic acid groups (broad SMARTS) is 1. The summed E-state index contributed by atoms with van der Waals surface area (Å²) < 4.78 is 0. The second-order valence-corrected chi connectivity index (χ2v) is 12.0. The molecule has 2 aromatic rings. The zero-order valence-electron chi connectivity index (χ0n) is 18.0. The molecule has 2 aromatic heterocycles. The second kappa shape index (κ2) is 7.27. The first-order valence-electron chi connectivity index (χ1n) is 11.2. The monoisotopic (exact) mass is 485 g/mol. The number of hydrogen-bond donors (Lipinski definition) is 2. The first-order valence-corrected chi connectivity index (χ1v) is 12.9. The van der Waals surface area contributed by atoms with Crippen molar-refractivity contribution in [2.24, 2.45) is 35.5 Å². The number of nitrogens with zero attached hydrogens (tertiary/aromatic N) is 2. The summed E-state index contributed by atoms with van der Waals surface area (Å²) >= 11 is 2.83. The van der Waals surface area contributed by atoms with Crippen molar-refractivity contribution in [2.75, 3.05) is 0 Å². The highest BCUT2D eigenvalue weighted by Gasteiger charge is 2.70. The van der Waals surface area contributed by atoms with Gasteiger partial charge in [0.25, 0.3) is 0 Å². The zero-order chi connectivity index (χ0) is 23.2. The number of thioether (sulfide) groups is 1. The molecule has 7 unspecified atom stereocenters. The fraction of sp³-hybridized carbons (Fsp3) is 0.522. The summed E-state index contributed by atoms with van der Waals surface area (Å²) in [4.78, 5) is 60.5. The van der Waals surface area contributed by atoms with Gasteiger partial charge in [-0.3, -0.25) is 24.3 Å². The third-order valence-electron chi connectivity index (χ3n) is 7.96. The van der Waals surface area contributed by atoms with Crippen LogP contribution >= 0.6 is 23.1 Å². The Morgan fingerprint density at radius 1 is 1.21 bits per heavy atom. The van der Waals surface area contributed by atoms with Gasteiger partial charge in [-0.15, -0.1) is 11.8 Å². The third kappa shape index (κ3) is 2.79. The largest absolute Gasteiger partial charge is 0.480 e. The molecule has 2 saturated carbocycles. The van der Waals surface area contributed by atoms with Gasteiger partial charge in [0.1, 0.15) is 6.04 Å². The van der Waals surface area contributed by atoms with E-state index in [1.54, 1.807) is 31.8 Å². The van der Waals surface area contributed by atoms with E-state index in [0.29, 0.717) is 0 Å². The molecular formula is C23H23N3O5S2. The summed E-state index contributed by atoms with van der Waals surface area (Å²) in [5.41, 5.74) is 1.01. The Morgan fingerprint density at radius 2 is 1.94 bits per heavy atom. The van der Waals surface area contributed by atoms with Gasteiger partial charge in [0, 0.05) is 28.4 Å². The molecule has 4 heterocycles. The predicted molar refractivity (Wildman–Crippen MR) is 121 cm³/mol. The van der Waals surface area contributed by atoms with Crippen molar-refractivity contribution >= 4 is 40.9 Å². The van der Waals surface area contributed by atoms with Crippen LogP contribution in [0.25, 0.3) is 0 Å². The number of hydrogen-bond acceptors (Lipinski definition) is 7. The smallest absolute Gasteiger partial charge is 0.327 e. The van der Waals surface area contributed by atoms with Gasteiger partial charge in [-0.05, 0) is 41.7 Å². The van der Waals surface area contributed by atoms with E-state index in [4.69, 9.17) is 0 Å². The highest BCUT2D eigenvalue weighted by atomic mass is 32.2. The SMILES string of the molecule is CC(C)C(C(=O)O)N1C(=O)C2C3CC(C2C1=O)C1C3Sc2[nH]c(=O)sc2[C@@H]1c1cccnc1. The highest BCUT2D eigenvalue weighted by molar-refractivity contribution is 8.00. The fourth-order valence-electron chi connectivity index (χ4n) is 6.94. The summed E-state index contributed by atoms with van der Waals surface area (Å²) in [6, 6.07) is 2.75. The molecule has 4 aliphatic rings. The summed E-state index contributed by atoms with van der Waals surface area (Å²) in [6.07, 6.45) is 4.31. The number of likely N-dealkylation sites (tertiary alicyclic amines) is 1. The lowest BCUT2D eigenvalue weighted by atomic mass is 9.68. The van der Waals surface area contributed by atoms with Crippen LogP contribution in [0.3, 0.4) is 0 Å². The van der Waals surface area contributed by atoms with E-state index < -0.39 is 23.8 Å². The molecule has 8 nitrogen and oxygen atoms in total. The Morgan fingerprint density at radius 3 is 2.58 bits per heavy atom. The molecular weight excluding hydrogens is 462 g/mol. The van der Waals surface area contributed by atoms with Crippen LogP contribution in [-0.4, -0.2) is 49.0 Å². The molecule has 1 saturated heterocycles. The fourth-order valence-corrected chi connectivity index (χ4v) is 9.83. The van der Waals surface area contributed by atoms with E-state index in [0.717, 1.165) is 26.8 Å². The lowest BCUT2D eigenvalue weighted by Gasteiger charge is -2.42. The van der Waals surface area contributed by atoms with Gasteiger partial charge < -0.3 is 10.1 Å². The van der Waals surface area contributed by atoms with Crippen LogP contribution in [0, 0.1) is 35.5 Å². The average molecular weight is 486 g/mol. The molecule has 3 fully saturated rings. The van der Waals surface area contributed by atoms with Crippen molar-refractivity contribution in [3.8, 4) is 0 Å². The number of carboxylic acids is 1. The van der Waals surface area contributed by atoms with Crippen molar-refractivity contribution < 1.29 is 19.5 Å². The Kier molecular flexibility index (Phi) is 4.65. The number of H-pyrrole nitrogens is 1. The van der Waals surface area contributed by atoms with Crippen molar-refractivity contribution in [1.82, 2.24) is 14.9 Å². The Balaban J connectivity index is 1.44. The number of carbonyl (C=O) groups excluding carboxylic acids is 2. The van der Waals surface area contributed by atoms with Crippen molar-refractivity contribution in [1.29, 1.82) is 0 Å². The molecule has 8 atom stereocenters. The Hall–Kier alpha value is -2.46. The summed E-state index contributed by atoms with van der Waals surface area (Å²) in [6.45, 7) is 3.45. The van der Waals surface area contributed by atoms with E-state index in [1.165, 1.54) is 11.3 Å². The summed E-state index contributed by atoms with van der Waals surface area (Å²) in [7, 11) is 0. The number of rotatable bonds is 4. The first kappa shape index (κ1) is 21.1. The summed E-state index contributed by atoms with van der Waals surface area (Å²) in [5.74, 6) is -3.17. The van der Waals surface area contributed by atoms with Crippen LogP contribution in [0.4, 0.5) is 0 Å². The highest BCUT2D eigenvalue weighted by Crippen LogP contribution is 2.68. The normalized spacial score (nSPS) is 35.0. The number of nitrogens with one attached hydrogen (secondary N) is 1. The van der Waals surface area contributed by atoms with Crippen LogP contribution in [0.15, 0.2) is 34.3 Å². The van der Waals surface area contributed by atoms with Gasteiger partial charge in [-0.1, -0.05) is 31.3 Å². The van der Waals surface area contributed by atoms with Crippen molar-refractivity contribution in [3.05, 3.63) is 44.6 Å². The Labute approximate surface area is 197 Å². The van der Waals surface area contributed by atoms with Crippen LogP contribution < -0.4 is 4.87 Å². The van der Waals surface area contributed by atoms with Crippen LogP contribution in [0.2, 0.25) is 0 Å². The number of amides is 2. The lowest BCUT2D eigenvalue weighted by Crippen LogP contribution is -2.49. The lowest BCUT2D eigenvalue weighted by molar-refractivity contribution is -0.157. The zero-order valence-corrected chi connectivity index (χ0v) is 19.6. The molecule has 2 aliphatic heterocycles. The van der Waals surface area contributed by atoms with Gasteiger partial charge in [0.2, 0.25) is 11.8 Å². The molecule has 0 spiro atoms. The predicted octanol–water partition coefficient (Wildman–Crippen LogP) is 2.41. The molecule has 33 heavy (non-hydrogen) atoms. The van der Waals surface area contributed by atoms with Crippen molar-refractivity contribution in [2.45, 2.75) is 42.5 Å². The average Bonchev–Trinajstić information content (AvgIpc) is 3.49. The first-order chi connectivity index (χ1) is 15.8. The van der Waals surface area contributed by atoms with Crippen LogP contribution in [0.1, 0.15) is 36.6 Å². The van der Waals surface area contributed by atoms with E-state index in [9.17, 15) is 24.3 Å². The van der Waals surface area contributed by atoms with Crippen molar-refractivity contribution in [3.63, 3.8) is 0 Å². The minimum absolute atomic E-state index is 0.0196. The number of aromatic amines is 1. The quantitative estimate of drug-likeness (QED) is 0.638. The molecule has 2 amide bonds. The van der Waals surface area contributed by atoms with E-state index in [-0.39, 0.29) is 51.5 Å². The number of aliphatic carboxylic acids is 1. The van der Waals surface area contributed by atoms with E-state index in [1.807, 2.05) is 18.3 Å². The third-order valence-corrected chi connectivity index (χ3v) is 10.6. The minimum Gasteiger partial charge on any atom is -0.480 e. The maximum Gasteiger partial charge on any atom is 0.327 e. The molecule has 2 N–H and O–H groups in total. The maximum absolute atomic E-state index is 13.6. The van der Waals surface area contributed by atoms with Gasteiger partial charge >= 0.3 is 10.8 Å². The van der Waals surface area contributed by atoms with Crippen LogP contribution in [-0.2, 0) is 14.4 Å². The number of carbonyl (C=O) groups is 3. The Bertz CT molecular complexity index is 1220. The topological polar surface area (TPSA) is 120 Å². The molecule has 2 aliphatic carbocycles. The molecule has 6 rings (SSSR count). The molecule has 172 valence electrons. The van der Waals surface area contributed by atoms with E-state index in [2.05, 4.69) is 9.97 Å².